The van der Waals surface area contributed by atoms with E-state index < -0.39 is 0 Å². The summed E-state index contributed by atoms with van der Waals surface area (Å²) in [6.45, 7) is 2.77. The van der Waals surface area contributed by atoms with Gasteiger partial charge in [-0.15, -0.1) is 0 Å². The zero-order valence-electron chi connectivity index (χ0n) is 14.3. The summed E-state index contributed by atoms with van der Waals surface area (Å²) in [7, 11) is 1.84. The van der Waals surface area contributed by atoms with Crippen LogP contribution >= 0.6 is 0 Å². The third kappa shape index (κ3) is 3.37. The van der Waals surface area contributed by atoms with E-state index in [-0.39, 0.29) is 5.91 Å². The van der Waals surface area contributed by atoms with Gasteiger partial charge in [-0.05, 0) is 43.0 Å². The number of benzene rings is 1. The minimum absolute atomic E-state index is 0.0899. The topological polar surface area (TPSA) is 80.5 Å². The molecule has 2 aliphatic heterocycles. The van der Waals surface area contributed by atoms with Crippen molar-refractivity contribution >= 4 is 11.6 Å². The van der Waals surface area contributed by atoms with Gasteiger partial charge < -0.3 is 19.5 Å². The number of amides is 1. The Bertz CT molecular complexity index is 767. The Balaban J connectivity index is 1.40. The second kappa shape index (κ2) is 6.84. The number of carbonyl (C=O) groups excluding carboxylic acids is 1. The second-order valence-electron chi connectivity index (χ2n) is 6.64. The monoisotopic (exact) mass is 342 g/mol. The Morgan fingerprint density at radius 2 is 2.16 bits per heavy atom. The number of hydrogen-bond acceptors (Lipinski definition) is 6. The van der Waals surface area contributed by atoms with Crippen molar-refractivity contribution in [1.82, 2.24) is 15.0 Å². The predicted molar refractivity (Wildman–Crippen MR) is 91.5 cm³/mol. The maximum Gasteiger partial charge on any atom is 0.253 e. The van der Waals surface area contributed by atoms with E-state index in [9.17, 15) is 4.79 Å². The lowest BCUT2D eigenvalue weighted by Crippen LogP contribution is -2.34. The molecule has 1 amide bonds. The van der Waals surface area contributed by atoms with Crippen LogP contribution in [0.2, 0.25) is 0 Å². The van der Waals surface area contributed by atoms with Gasteiger partial charge in [0, 0.05) is 44.0 Å². The highest BCUT2D eigenvalue weighted by atomic mass is 16.5. The predicted octanol–water partition coefficient (Wildman–Crippen LogP) is 2.20. The number of ether oxygens (including phenoxy) is 1. The molecule has 0 radical (unpaired) electrons. The first-order chi connectivity index (χ1) is 12.2. The largest absolute Gasteiger partial charge is 0.381 e. The molecule has 1 N–H and O–H groups in total. The van der Waals surface area contributed by atoms with Gasteiger partial charge in [-0.3, -0.25) is 4.79 Å². The van der Waals surface area contributed by atoms with Crippen LogP contribution in [0.25, 0.3) is 0 Å². The highest BCUT2D eigenvalue weighted by Crippen LogP contribution is 2.26. The van der Waals surface area contributed by atoms with E-state index in [4.69, 9.17) is 9.26 Å². The van der Waals surface area contributed by atoms with E-state index in [1.807, 2.05) is 25.2 Å². The molecule has 1 aromatic heterocycles. The quantitative estimate of drug-likeness (QED) is 0.917. The van der Waals surface area contributed by atoms with Crippen molar-refractivity contribution in [2.24, 2.45) is 0 Å². The average Bonchev–Trinajstić information content (AvgIpc) is 3.13. The molecule has 2 aliphatic rings. The molecule has 0 atom stereocenters. The van der Waals surface area contributed by atoms with E-state index in [0.29, 0.717) is 24.2 Å². The zero-order valence-corrected chi connectivity index (χ0v) is 14.3. The van der Waals surface area contributed by atoms with E-state index >= 15 is 0 Å². The van der Waals surface area contributed by atoms with E-state index in [2.05, 4.69) is 15.5 Å². The molecule has 0 unspecified atom stereocenters. The highest BCUT2D eigenvalue weighted by Gasteiger charge is 2.23. The third-order valence-electron chi connectivity index (χ3n) is 4.90. The molecule has 0 bridgehead atoms. The van der Waals surface area contributed by atoms with Crippen LogP contribution < -0.4 is 5.32 Å². The Morgan fingerprint density at radius 1 is 1.32 bits per heavy atom. The first-order valence-electron chi connectivity index (χ1n) is 8.73. The molecule has 0 aliphatic carbocycles. The van der Waals surface area contributed by atoms with Crippen molar-refractivity contribution in [1.29, 1.82) is 0 Å². The second-order valence-corrected chi connectivity index (χ2v) is 6.64. The Hall–Kier alpha value is -2.41. The van der Waals surface area contributed by atoms with Crippen molar-refractivity contribution in [2.75, 3.05) is 32.1 Å². The SMILES string of the molecule is CN1CCc2cc(NCc3noc(C4CCOCC4)n3)ccc2C1=O. The molecule has 4 rings (SSSR count). The van der Waals surface area contributed by atoms with Gasteiger partial charge in [0.2, 0.25) is 5.89 Å². The number of rotatable bonds is 4. The standard InChI is InChI=1S/C18H22N4O3/c1-22-7-4-13-10-14(2-3-15(13)18(22)23)19-11-16-20-17(25-21-16)12-5-8-24-9-6-12/h2-3,10,12,19H,4-9,11H2,1H3. The normalized spacial score (nSPS) is 18.3. The molecule has 25 heavy (non-hydrogen) atoms. The number of nitrogens with one attached hydrogen (secondary N) is 1. The lowest BCUT2D eigenvalue weighted by atomic mass is 9.99. The number of anilines is 1. The van der Waals surface area contributed by atoms with Crippen molar-refractivity contribution in [3.05, 3.63) is 41.0 Å². The molecule has 2 aromatic rings. The number of carbonyl (C=O) groups is 1. The summed E-state index contributed by atoms with van der Waals surface area (Å²) in [5.74, 6) is 1.75. The Labute approximate surface area is 146 Å². The van der Waals surface area contributed by atoms with Crippen LogP contribution in [0.5, 0.6) is 0 Å². The van der Waals surface area contributed by atoms with E-state index in [1.54, 1.807) is 4.90 Å². The average molecular weight is 342 g/mol. The summed E-state index contributed by atoms with van der Waals surface area (Å²) in [6.07, 6.45) is 2.74. The van der Waals surface area contributed by atoms with Crippen molar-refractivity contribution in [3.63, 3.8) is 0 Å². The van der Waals surface area contributed by atoms with Gasteiger partial charge in [0.1, 0.15) is 0 Å². The number of likely N-dealkylation sites (N-methyl/N-ethyl adjacent to an activating group) is 1. The van der Waals surface area contributed by atoms with Crippen LogP contribution in [0, 0.1) is 0 Å². The molecule has 1 aromatic carbocycles. The molecule has 0 saturated carbocycles. The minimum atomic E-state index is 0.0899. The highest BCUT2D eigenvalue weighted by molar-refractivity contribution is 5.97. The third-order valence-corrected chi connectivity index (χ3v) is 4.90. The number of aromatic nitrogens is 2. The maximum atomic E-state index is 12.1. The minimum Gasteiger partial charge on any atom is -0.381 e. The fourth-order valence-electron chi connectivity index (χ4n) is 3.35. The fourth-order valence-corrected chi connectivity index (χ4v) is 3.35. The molecular formula is C18H22N4O3. The molecule has 7 heteroatoms. The molecular weight excluding hydrogens is 320 g/mol. The first kappa shape index (κ1) is 16.1. The van der Waals surface area contributed by atoms with Crippen molar-refractivity contribution in [2.45, 2.75) is 31.7 Å². The summed E-state index contributed by atoms with van der Waals surface area (Å²) in [5, 5.41) is 7.38. The van der Waals surface area contributed by atoms with E-state index in [0.717, 1.165) is 55.8 Å². The van der Waals surface area contributed by atoms with Gasteiger partial charge in [-0.2, -0.15) is 4.98 Å². The van der Waals surface area contributed by atoms with E-state index in [1.165, 1.54) is 0 Å². The van der Waals surface area contributed by atoms with Crippen LogP contribution in [0.15, 0.2) is 22.7 Å². The molecule has 0 spiro atoms. The number of nitrogens with zero attached hydrogens (tertiary/aromatic N) is 3. The Morgan fingerprint density at radius 3 is 3.00 bits per heavy atom. The number of fused-ring (bicyclic) bond motifs is 1. The van der Waals surface area contributed by atoms with Gasteiger partial charge in [0.05, 0.1) is 6.54 Å². The van der Waals surface area contributed by atoms with Gasteiger partial charge >= 0.3 is 0 Å². The lowest BCUT2D eigenvalue weighted by molar-refractivity contribution is 0.0777. The lowest BCUT2D eigenvalue weighted by Gasteiger charge is -2.25. The first-order valence-corrected chi connectivity index (χ1v) is 8.73. The molecule has 132 valence electrons. The molecule has 1 fully saturated rings. The van der Waals surface area contributed by atoms with Crippen LogP contribution in [0.3, 0.4) is 0 Å². The van der Waals surface area contributed by atoms with Crippen LogP contribution in [-0.4, -0.2) is 47.8 Å². The molecule has 1 saturated heterocycles. The summed E-state index contributed by atoms with van der Waals surface area (Å²) >= 11 is 0. The number of hydrogen-bond donors (Lipinski definition) is 1. The van der Waals surface area contributed by atoms with Gasteiger partial charge in [-0.1, -0.05) is 5.16 Å². The van der Waals surface area contributed by atoms with Gasteiger partial charge in [-0.25, -0.2) is 0 Å². The maximum absolute atomic E-state index is 12.1. The Kier molecular flexibility index (Phi) is 4.40. The summed E-state index contributed by atoms with van der Waals surface area (Å²) < 4.78 is 10.8. The fraction of sp³-hybridized carbons (Fsp3) is 0.500. The van der Waals surface area contributed by atoms with Gasteiger partial charge in [0.15, 0.2) is 5.82 Å². The zero-order chi connectivity index (χ0) is 17.2. The summed E-state index contributed by atoms with van der Waals surface area (Å²) in [6, 6.07) is 5.86. The van der Waals surface area contributed by atoms with Crippen molar-refractivity contribution in [3.8, 4) is 0 Å². The van der Waals surface area contributed by atoms with Crippen molar-refractivity contribution < 1.29 is 14.1 Å². The smallest absolute Gasteiger partial charge is 0.253 e. The van der Waals surface area contributed by atoms with Crippen LogP contribution in [0.4, 0.5) is 5.69 Å². The van der Waals surface area contributed by atoms with Gasteiger partial charge in [0.25, 0.3) is 5.91 Å². The molecule has 3 heterocycles. The summed E-state index contributed by atoms with van der Waals surface area (Å²) in [4.78, 5) is 18.4. The summed E-state index contributed by atoms with van der Waals surface area (Å²) in [5.41, 5.74) is 2.85. The van der Waals surface area contributed by atoms with Crippen LogP contribution in [0.1, 0.15) is 46.4 Å². The molecule has 7 nitrogen and oxygen atoms in total. The van der Waals surface area contributed by atoms with Crippen LogP contribution in [-0.2, 0) is 17.7 Å².